The van der Waals surface area contributed by atoms with Gasteiger partial charge in [0.25, 0.3) is 0 Å². The summed E-state index contributed by atoms with van der Waals surface area (Å²) >= 11 is 0. The number of aliphatic hydroxyl groups excluding tert-OH is 1. The van der Waals surface area contributed by atoms with Crippen LogP contribution >= 0.6 is 0 Å². The van der Waals surface area contributed by atoms with Crippen molar-refractivity contribution in [2.45, 2.75) is 32.3 Å². The number of rotatable bonds is 4. The molecule has 1 unspecified atom stereocenters. The Kier molecular flexibility index (Phi) is 3.98. The summed E-state index contributed by atoms with van der Waals surface area (Å²) in [4.78, 5) is 0. The number of hydrogen-bond donors (Lipinski definition) is 1. The Morgan fingerprint density at radius 2 is 2.00 bits per heavy atom. The lowest BCUT2D eigenvalue weighted by molar-refractivity contribution is 0.0127. The summed E-state index contributed by atoms with van der Waals surface area (Å²) < 4.78 is 0. The zero-order chi connectivity index (χ0) is 8.97. The average molecular weight is 172 g/mol. The fraction of sp³-hybridized carbons (Fsp3) is 1.00. The van der Waals surface area contributed by atoms with Crippen LogP contribution < -0.4 is 0 Å². The summed E-state index contributed by atoms with van der Waals surface area (Å²) in [6.07, 6.45) is 3.33. The Morgan fingerprint density at radius 3 is 2.50 bits per heavy atom. The van der Waals surface area contributed by atoms with E-state index in [1.807, 2.05) is 6.92 Å². The van der Waals surface area contributed by atoms with Gasteiger partial charge in [-0.15, -0.1) is 0 Å². The molecule has 3 heteroatoms. The Morgan fingerprint density at radius 1 is 1.42 bits per heavy atom. The Hall–Kier alpha value is -0.120. The first-order chi connectivity index (χ1) is 5.70. The third-order valence-electron chi connectivity index (χ3n) is 2.44. The van der Waals surface area contributed by atoms with Gasteiger partial charge in [0.1, 0.15) is 0 Å². The molecule has 1 atom stereocenters. The second-order valence-electron chi connectivity index (χ2n) is 3.68. The third kappa shape index (κ3) is 3.09. The van der Waals surface area contributed by atoms with E-state index in [0.717, 1.165) is 13.0 Å². The molecular weight excluding hydrogens is 152 g/mol. The Labute approximate surface area is 74.9 Å². The quantitative estimate of drug-likeness (QED) is 0.676. The first-order valence-corrected chi connectivity index (χ1v) is 4.84. The lowest BCUT2D eigenvalue weighted by Gasteiger charge is -2.27. The molecule has 0 aromatic heterocycles. The van der Waals surface area contributed by atoms with Crippen molar-refractivity contribution in [3.8, 4) is 0 Å². The molecule has 0 aliphatic carbocycles. The van der Waals surface area contributed by atoms with Crippen molar-refractivity contribution in [3.63, 3.8) is 0 Å². The summed E-state index contributed by atoms with van der Waals surface area (Å²) in [7, 11) is 2.10. The minimum atomic E-state index is -0.171. The highest BCUT2D eigenvalue weighted by Crippen LogP contribution is 2.09. The maximum atomic E-state index is 9.10. The molecule has 0 amide bonds. The molecule has 0 bridgehead atoms. The van der Waals surface area contributed by atoms with Crippen LogP contribution in [0.3, 0.4) is 0 Å². The molecule has 1 aliphatic heterocycles. The van der Waals surface area contributed by atoms with Gasteiger partial charge in [-0.3, -0.25) is 0 Å². The van der Waals surface area contributed by atoms with Gasteiger partial charge in [-0.05, 0) is 26.2 Å². The first-order valence-electron chi connectivity index (χ1n) is 4.84. The number of nitrogens with zero attached hydrogens (tertiary/aromatic N) is 2. The molecule has 0 aromatic rings. The van der Waals surface area contributed by atoms with Gasteiger partial charge in [0.05, 0.1) is 6.10 Å². The molecule has 1 saturated heterocycles. The second-order valence-corrected chi connectivity index (χ2v) is 3.68. The van der Waals surface area contributed by atoms with Crippen LogP contribution in [0.15, 0.2) is 0 Å². The maximum absolute atomic E-state index is 9.10. The van der Waals surface area contributed by atoms with Crippen LogP contribution in [0, 0.1) is 0 Å². The highest BCUT2D eigenvalue weighted by Gasteiger charge is 2.15. The summed E-state index contributed by atoms with van der Waals surface area (Å²) in [5.41, 5.74) is 0. The standard InChI is InChI=1S/C9H20N2O/c1-9(12)5-8-10(2)11-6-3-4-7-11/h9,12H,3-8H2,1-2H3. The number of aliphatic hydroxyl groups is 1. The Bertz CT molecular complexity index is 122. The monoisotopic (exact) mass is 172 g/mol. The summed E-state index contributed by atoms with van der Waals surface area (Å²) in [5.74, 6) is 0. The predicted octanol–water partition coefficient (Wildman–Crippen LogP) is 0.700. The minimum absolute atomic E-state index is 0.171. The number of hydrazine groups is 1. The Balaban J connectivity index is 2.13. The van der Waals surface area contributed by atoms with Gasteiger partial charge < -0.3 is 5.11 Å². The highest BCUT2D eigenvalue weighted by molar-refractivity contribution is 4.63. The summed E-state index contributed by atoms with van der Waals surface area (Å²) in [6, 6.07) is 0. The van der Waals surface area contributed by atoms with Crippen molar-refractivity contribution in [2.24, 2.45) is 0 Å². The summed E-state index contributed by atoms with van der Waals surface area (Å²) in [5, 5.41) is 13.7. The normalized spacial score (nSPS) is 22.0. The number of hydrogen-bond acceptors (Lipinski definition) is 3. The van der Waals surface area contributed by atoms with Crippen molar-refractivity contribution in [3.05, 3.63) is 0 Å². The largest absolute Gasteiger partial charge is 0.393 e. The lowest BCUT2D eigenvalue weighted by atomic mass is 10.3. The van der Waals surface area contributed by atoms with Crippen molar-refractivity contribution < 1.29 is 5.11 Å². The van der Waals surface area contributed by atoms with E-state index >= 15 is 0 Å². The average Bonchev–Trinajstić information content (AvgIpc) is 2.51. The molecule has 3 nitrogen and oxygen atoms in total. The van der Waals surface area contributed by atoms with Crippen molar-refractivity contribution in [1.29, 1.82) is 0 Å². The molecule has 0 spiro atoms. The van der Waals surface area contributed by atoms with Gasteiger partial charge in [-0.25, -0.2) is 10.0 Å². The molecule has 72 valence electrons. The van der Waals surface area contributed by atoms with Crippen molar-refractivity contribution in [1.82, 2.24) is 10.0 Å². The molecule has 0 aromatic carbocycles. The van der Waals surface area contributed by atoms with Gasteiger partial charge in [0.15, 0.2) is 0 Å². The van der Waals surface area contributed by atoms with E-state index in [4.69, 9.17) is 5.11 Å². The fourth-order valence-electron chi connectivity index (χ4n) is 1.56. The highest BCUT2D eigenvalue weighted by atomic mass is 16.3. The zero-order valence-corrected chi connectivity index (χ0v) is 8.16. The lowest BCUT2D eigenvalue weighted by Crippen LogP contribution is -2.38. The van der Waals surface area contributed by atoms with Crippen LogP contribution in [0.1, 0.15) is 26.2 Å². The fourth-order valence-corrected chi connectivity index (χ4v) is 1.56. The van der Waals surface area contributed by atoms with E-state index in [1.54, 1.807) is 0 Å². The third-order valence-corrected chi connectivity index (χ3v) is 2.44. The molecule has 1 N–H and O–H groups in total. The molecule has 0 radical (unpaired) electrons. The molecule has 1 aliphatic rings. The van der Waals surface area contributed by atoms with E-state index in [2.05, 4.69) is 17.1 Å². The van der Waals surface area contributed by atoms with Gasteiger partial charge in [0.2, 0.25) is 0 Å². The second kappa shape index (κ2) is 4.80. The molecule has 12 heavy (non-hydrogen) atoms. The topological polar surface area (TPSA) is 26.7 Å². The molecule has 1 fully saturated rings. The smallest absolute Gasteiger partial charge is 0.0524 e. The van der Waals surface area contributed by atoms with E-state index in [9.17, 15) is 0 Å². The SMILES string of the molecule is CC(O)CCN(C)N1CCCC1. The zero-order valence-electron chi connectivity index (χ0n) is 8.16. The molecular formula is C9H20N2O. The van der Waals surface area contributed by atoms with E-state index in [-0.39, 0.29) is 6.10 Å². The van der Waals surface area contributed by atoms with Crippen molar-refractivity contribution >= 4 is 0 Å². The summed E-state index contributed by atoms with van der Waals surface area (Å²) in [6.45, 7) is 5.20. The van der Waals surface area contributed by atoms with E-state index in [0.29, 0.717) is 0 Å². The maximum Gasteiger partial charge on any atom is 0.0524 e. The van der Waals surface area contributed by atoms with Crippen molar-refractivity contribution in [2.75, 3.05) is 26.7 Å². The van der Waals surface area contributed by atoms with Gasteiger partial charge >= 0.3 is 0 Å². The van der Waals surface area contributed by atoms with Crippen LogP contribution in [0.4, 0.5) is 0 Å². The van der Waals surface area contributed by atoms with E-state index < -0.39 is 0 Å². The first kappa shape index (κ1) is 9.96. The van der Waals surface area contributed by atoms with Gasteiger partial charge in [-0.2, -0.15) is 0 Å². The minimum Gasteiger partial charge on any atom is -0.393 e. The van der Waals surface area contributed by atoms with Crippen LogP contribution in [-0.4, -0.2) is 47.9 Å². The van der Waals surface area contributed by atoms with Gasteiger partial charge in [0, 0.05) is 26.7 Å². The molecule has 1 rings (SSSR count). The van der Waals surface area contributed by atoms with Crippen LogP contribution in [0.2, 0.25) is 0 Å². The van der Waals surface area contributed by atoms with Gasteiger partial charge in [-0.1, -0.05) is 0 Å². The van der Waals surface area contributed by atoms with E-state index in [1.165, 1.54) is 25.9 Å². The molecule has 0 saturated carbocycles. The van der Waals surface area contributed by atoms with Crippen LogP contribution in [0.5, 0.6) is 0 Å². The predicted molar refractivity (Wildman–Crippen MR) is 49.7 cm³/mol. The van der Waals surface area contributed by atoms with Crippen LogP contribution in [0.25, 0.3) is 0 Å². The molecule has 1 heterocycles. The van der Waals surface area contributed by atoms with Crippen LogP contribution in [-0.2, 0) is 0 Å².